The molecule has 5 heteroatoms. The van der Waals surface area contributed by atoms with E-state index in [0.29, 0.717) is 29.6 Å². The monoisotopic (exact) mass is 299 g/mol. The molecule has 2 aromatic rings. The largest absolute Gasteiger partial charge is 0.398 e. The van der Waals surface area contributed by atoms with E-state index < -0.39 is 0 Å². The molecule has 5 nitrogen and oxygen atoms in total. The summed E-state index contributed by atoms with van der Waals surface area (Å²) in [5, 5.41) is 3.27. The van der Waals surface area contributed by atoms with Crippen molar-refractivity contribution < 1.29 is 4.79 Å². The number of benzene rings is 1. The van der Waals surface area contributed by atoms with E-state index in [4.69, 9.17) is 5.73 Å². The summed E-state index contributed by atoms with van der Waals surface area (Å²) in [4.78, 5) is 25.0. The molecule has 3 rings (SSSR count). The van der Waals surface area contributed by atoms with Crippen molar-refractivity contribution in [3.05, 3.63) is 40.2 Å². The number of nitrogens with two attached hydrogens (primary N) is 1. The molecule has 1 aliphatic carbocycles. The zero-order chi connectivity index (χ0) is 15.9. The van der Waals surface area contributed by atoms with Gasteiger partial charge in [0.05, 0.1) is 10.9 Å². The maximum absolute atomic E-state index is 12.7. The van der Waals surface area contributed by atoms with Gasteiger partial charge in [-0.1, -0.05) is 19.9 Å². The number of pyridine rings is 1. The number of hydrogen-bond donors (Lipinski definition) is 2. The number of nitrogens with zero attached hydrogens (tertiary/aromatic N) is 1. The molecule has 1 aliphatic rings. The van der Waals surface area contributed by atoms with E-state index >= 15 is 0 Å². The summed E-state index contributed by atoms with van der Waals surface area (Å²) in [5.41, 5.74) is 7.12. The average molecular weight is 299 g/mol. The third-order valence-corrected chi connectivity index (χ3v) is 3.95. The van der Waals surface area contributed by atoms with Crippen molar-refractivity contribution in [2.24, 2.45) is 5.92 Å². The second-order valence-corrected chi connectivity index (χ2v) is 6.36. The minimum Gasteiger partial charge on any atom is -0.398 e. The van der Waals surface area contributed by atoms with Gasteiger partial charge in [-0.25, -0.2) is 0 Å². The van der Waals surface area contributed by atoms with Crippen molar-refractivity contribution in [3.8, 4) is 0 Å². The lowest BCUT2D eigenvalue weighted by molar-refractivity contribution is 0.0947. The van der Waals surface area contributed by atoms with Gasteiger partial charge in [-0.3, -0.25) is 9.59 Å². The molecule has 1 aromatic heterocycles. The molecular weight excluding hydrogens is 278 g/mol. The van der Waals surface area contributed by atoms with Gasteiger partial charge in [0.25, 0.3) is 5.91 Å². The minimum atomic E-state index is -0.321. The second-order valence-electron chi connectivity index (χ2n) is 6.36. The van der Waals surface area contributed by atoms with E-state index in [9.17, 15) is 9.59 Å². The third-order valence-electron chi connectivity index (χ3n) is 3.95. The van der Waals surface area contributed by atoms with Gasteiger partial charge in [-0.15, -0.1) is 0 Å². The first-order valence-electron chi connectivity index (χ1n) is 7.70. The van der Waals surface area contributed by atoms with Crippen LogP contribution < -0.4 is 16.5 Å². The number of rotatable bonds is 4. The van der Waals surface area contributed by atoms with Gasteiger partial charge in [0, 0.05) is 24.5 Å². The Morgan fingerprint density at radius 3 is 2.77 bits per heavy atom. The lowest BCUT2D eigenvalue weighted by atomic mass is 10.1. The average Bonchev–Trinajstić information content (AvgIpc) is 3.29. The highest BCUT2D eigenvalue weighted by atomic mass is 16.2. The normalized spacial score (nSPS) is 14.5. The van der Waals surface area contributed by atoms with Gasteiger partial charge < -0.3 is 15.6 Å². The van der Waals surface area contributed by atoms with Crippen LogP contribution in [0.5, 0.6) is 0 Å². The molecule has 1 saturated carbocycles. The number of anilines is 1. The fraction of sp³-hybridized carbons (Fsp3) is 0.412. The molecule has 0 unspecified atom stereocenters. The van der Waals surface area contributed by atoms with Crippen molar-refractivity contribution >= 4 is 22.5 Å². The number of carbonyl (C=O) groups is 1. The molecule has 1 fully saturated rings. The molecule has 22 heavy (non-hydrogen) atoms. The van der Waals surface area contributed by atoms with Crippen LogP contribution in [0.3, 0.4) is 0 Å². The van der Waals surface area contributed by atoms with E-state index in [-0.39, 0.29) is 16.9 Å². The molecule has 116 valence electrons. The summed E-state index contributed by atoms with van der Waals surface area (Å²) in [7, 11) is 0. The van der Waals surface area contributed by atoms with Gasteiger partial charge in [0.15, 0.2) is 0 Å². The van der Waals surface area contributed by atoms with Crippen LogP contribution in [0.4, 0.5) is 5.69 Å². The number of aromatic nitrogens is 1. The first-order valence-corrected chi connectivity index (χ1v) is 7.70. The topological polar surface area (TPSA) is 77.1 Å². The van der Waals surface area contributed by atoms with Gasteiger partial charge in [-0.2, -0.15) is 0 Å². The maximum atomic E-state index is 12.7. The Morgan fingerprint density at radius 1 is 1.41 bits per heavy atom. The van der Waals surface area contributed by atoms with Crippen molar-refractivity contribution in [2.75, 3.05) is 12.3 Å². The Hall–Kier alpha value is -2.30. The lowest BCUT2D eigenvalue weighted by Gasteiger charge is -2.14. The van der Waals surface area contributed by atoms with Crippen LogP contribution in [0.15, 0.2) is 29.2 Å². The summed E-state index contributed by atoms with van der Waals surface area (Å²) in [6.07, 6.45) is 3.83. The molecule has 1 amide bonds. The molecule has 1 heterocycles. The summed E-state index contributed by atoms with van der Waals surface area (Å²) >= 11 is 0. The van der Waals surface area contributed by atoms with Crippen LogP contribution in [0, 0.1) is 5.92 Å². The van der Waals surface area contributed by atoms with E-state index in [0.717, 1.165) is 18.4 Å². The number of nitrogens with one attached hydrogen (secondary N) is 1. The van der Waals surface area contributed by atoms with Crippen LogP contribution >= 0.6 is 0 Å². The smallest absolute Gasteiger partial charge is 0.256 e. The molecule has 3 N–H and O–H groups in total. The first-order chi connectivity index (χ1) is 10.5. The summed E-state index contributed by atoms with van der Waals surface area (Å²) in [5.74, 6) is 0.0124. The molecule has 0 aliphatic heterocycles. The van der Waals surface area contributed by atoms with Gasteiger partial charge in [-0.05, 0) is 30.9 Å². The summed E-state index contributed by atoms with van der Waals surface area (Å²) < 4.78 is 2.03. The number of nitrogen functional groups attached to an aromatic ring is 1. The fourth-order valence-electron chi connectivity index (χ4n) is 2.63. The highest BCUT2D eigenvalue weighted by Crippen LogP contribution is 2.37. The quantitative estimate of drug-likeness (QED) is 0.850. The fourth-order valence-corrected chi connectivity index (χ4v) is 2.63. The molecule has 0 atom stereocenters. The van der Waals surface area contributed by atoms with Gasteiger partial charge >= 0.3 is 0 Å². The summed E-state index contributed by atoms with van der Waals surface area (Å²) in [6, 6.07) is 5.80. The SMILES string of the molecule is CC(C)CNC(=O)c1cn(C2CC2)c2cccc(N)c2c1=O. The van der Waals surface area contributed by atoms with E-state index in [1.54, 1.807) is 12.3 Å². The van der Waals surface area contributed by atoms with Gasteiger partial charge in [0.1, 0.15) is 5.56 Å². The number of fused-ring (bicyclic) bond motifs is 1. The minimum absolute atomic E-state index is 0.179. The molecule has 1 aromatic carbocycles. The van der Waals surface area contributed by atoms with Crippen LogP contribution in [-0.4, -0.2) is 17.0 Å². The van der Waals surface area contributed by atoms with Crippen molar-refractivity contribution in [3.63, 3.8) is 0 Å². The number of amides is 1. The van der Waals surface area contributed by atoms with Gasteiger partial charge in [0.2, 0.25) is 5.43 Å². The van der Waals surface area contributed by atoms with Crippen molar-refractivity contribution in [2.45, 2.75) is 32.7 Å². The van der Waals surface area contributed by atoms with E-state index in [1.807, 2.05) is 30.5 Å². The second kappa shape index (κ2) is 5.48. The summed E-state index contributed by atoms with van der Waals surface area (Å²) in [6.45, 7) is 4.58. The van der Waals surface area contributed by atoms with E-state index in [2.05, 4.69) is 5.32 Å². The van der Waals surface area contributed by atoms with Crippen LogP contribution in [-0.2, 0) is 0 Å². The zero-order valence-corrected chi connectivity index (χ0v) is 12.9. The first kappa shape index (κ1) is 14.6. The Kier molecular flexibility index (Phi) is 3.64. The van der Waals surface area contributed by atoms with E-state index in [1.165, 1.54) is 0 Å². The van der Waals surface area contributed by atoms with Crippen LogP contribution in [0.25, 0.3) is 10.9 Å². The Morgan fingerprint density at radius 2 is 2.14 bits per heavy atom. The highest BCUT2D eigenvalue weighted by molar-refractivity contribution is 6.00. The predicted molar refractivity (Wildman–Crippen MR) is 88.1 cm³/mol. The standard InChI is InChI=1S/C17H21N3O2/c1-10(2)8-19-17(22)12-9-20(11-6-7-11)14-5-3-4-13(18)15(14)16(12)21/h3-5,9-11H,6-8,18H2,1-2H3,(H,19,22). The van der Waals surface area contributed by atoms with Crippen molar-refractivity contribution in [1.82, 2.24) is 9.88 Å². The Balaban J connectivity index is 2.15. The van der Waals surface area contributed by atoms with Crippen LogP contribution in [0.1, 0.15) is 43.1 Å². The molecule has 0 bridgehead atoms. The molecule has 0 radical (unpaired) electrons. The third kappa shape index (κ3) is 2.58. The zero-order valence-electron chi connectivity index (χ0n) is 12.9. The van der Waals surface area contributed by atoms with Crippen LogP contribution in [0.2, 0.25) is 0 Å². The maximum Gasteiger partial charge on any atom is 0.256 e. The lowest BCUT2D eigenvalue weighted by Crippen LogP contribution is -2.32. The number of carbonyl (C=O) groups excluding carboxylic acids is 1. The molecule has 0 spiro atoms. The predicted octanol–water partition coefficient (Wildman–Crippen LogP) is 2.30. The Labute approximate surface area is 129 Å². The number of hydrogen-bond acceptors (Lipinski definition) is 3. The van der Waals surface area contributed by atoms with Crippen molar-refractivity contribution in [1.29, 1.82) is 0 Å². The molecule has 0 saturated heterocycles. The highest BCUT2D eigenvalue weighted by Gasteiger charge is 2.27. The Bertz CT molecular complexity index is 788. The molecular formula is C17H21N3O2.